The van der Waals surface area contributed by atoms with E-state index in [1.807, 2.05) is 0 Å². The molecule has 3 aromatic rings. The predicted molar refractivity (Wildman–Crippen MR) is 102 cm³/mol. The summed E-state index contributed by atoms with van der Waals surface area (Å²) in [5.41, 5.74) is 7.84. The van der Waals surface area contributed by atoms with Crippen molar-refractivity contribution in [3.05, 3.63) is 77.2 Å². The number of anilines is 1. The first-order valence-electron chi connectivity index (χ1n) is 8.63. The molecule has 28 heavy (non-hydrogen) atoms. The normalized spacial score (nSPS) is 10.5. The van der Waals surface area contributed by atoms with Crippen LogP contribution >= 0.6 is 0 Å². The van der Waals surface area contributed by atoms with Crippen LogP contribution in [0, 0.1) is 5.82 Å². The second-order valence-corrected chi connectivity index (χ2v) is 5.94. The first kappa shape index (κ1) is 19.1. The van der Waals surface area contributed by atoms with Crippen molar-refractivity contribution in [2.75, 3.05) is 12.3 Å². The number of hydrogen-bond donors (Lipinski definition) is 2. The first-order valence-corrected chi connectivity index (χ1v) is 8.63. The minimum absolute atomic E-state index is 0.154. The number of benzene rings is 2. The van der Waals surface area contributed by atoms with Gasteiger partial charge in [0.1, 0.15) is 17.2 Å². The zero-order valence-corrected chi connectivity index (χ0v) is 15.2. The number of ether oxygens (including phenoxy) is 1. The standard InChI is InChI=1S/C20H19FN4O3/c1-2-28-20(27)17-12-24-25(18(17)22)16-8-6-14(7-9-16)19(26)23-11-13-4-3-5-15(21)10-13/h3-10,12H,2,11,22H2,1H3,(H,23,26). The molecular formula is C20H19FN4O3. The lowest BCUT2D eigenvalue weighted by Gasteiger charge is -2.08. The lowest BCUT2D eigenvalue weighted by atomic mass is 10.1. The summed E-state index contributed by atoms with van der Waals surface area (Å²) in [6.45, 7) is 2.16. The van der Waals surface area contributed by atoms with Gasteiger partial charge in [0.2, 0.25) is 0 Å². The van der Waals surface area contributed by atoms with Crippen molar-refractivity contribution in [2.45, 2.75) is 13.5 Å². The number of nitrogens with two attached hydrogens (primary N) is 1. The van der Waals surface area contributed by atoms with E-state index in [4.69, 9.17) is 10.5 Å². The first-order chi connectivity index (χ1) is 13.5. The highest BCUT2D eigenvalue weighted by atomic mass is 19.1. The fraction of sp³-hybridized carbons (Fsp3) is 0.150. The van der Waals surface area contributed by atoms with Gasteiger partial charge in [-0.3, -0.25) is 4.79 Å². The topological polar surface area (TPSA) is 99.2 Å². The van der Waals surface area contributed by atoms with Gasteiger partial charge in [0.05, 0.1) is 18.5 Å². The van der Waals surface area contributed by atoms with Gasteiger partial charge in [0.15, 0.2) is 0 Å². The molecule has 0 unspecified atom stereocenters. The number of rotatable bonds is 6. The van der Waals surface area contributed by atoms with Gasteiger partial charge in [-0.2, -0.15) is 5.10 Å². The molecule has 0 saturated carbocycles. The summed E-state index contributed by atoms with van der Waals surface area (Å²) in [5.74, 6) is -1.03. The average molecular weight is 382 g/mol. The summed E-state index contributed by atoms with van der Waals surface area (Å²) in [5, 5.41) is 6.84. The minimum Gasteiger partial charge on any atom is -0.462 e. The van der Waals surface area contributed by atoms with E-state index in [1.54, 1.807) is 43.3 Å². The Morgan fingerprint density at radius 2 is 1.96 bits per heavy atom. The van der Waals surface area contributed by atoms with Gasteiger partial charge in [-0.25, -0.2) is 13.9 Å². The predicted octanol–water partition coefficient (Wildman–Crippen LogP) is 2.70. The monoisotopic (exact) mass is 382 g/mol. The van der Waals surface area contributed by atoms with Gasteiger partial charge in [0, 0.05) is 12.1 Å². The number of nitrogens with one attached hydrogen (secondary N) is 1. The maximum Gasteiger partial charge on any atom is 0.343 e. The highest BCUT2D eigenvalue weighted by molar-refractivity contribution is 5.95. The molecular weight excluding hydrogens is 363 g/mol. The molecule has 3 N–H and O–H groups in total. The third-order valence-corrected chi connectivity index (χ3v) is 4.02. The van der Waals surface area contributed by atoms with Gasteiger partial charge >= 0.3 is 5.97 Å². The number of halogens is 1. The van der Waals surface area contributed by atoms with E-state index in [2.05, 4.69) is 10.4 Å². The third-order valence-electron chi connectivity index (χ3n) is 4.02. The van der Waals surface area contributed by atoms with E-state index in [9.17, 15) is 14.0 Å². The lowest BCUT2D eigenvalue weighted by molar-refractivity contribution is 0.0527. The van der Waals surface area contributed by atoms with Crippen LogP contribution in [0.15, 0.2) is 54.7 Å². The fourth-order valence-corrected chi connectivity index (χ4v) is 2.62. The SMILES string of the molecule is CCOC(=O)c1cnn(-c2ccc(C(=O)NCc3cccc(F)c3)cc2)c1N. The Labute approximate surface area is 160 Å². The summed E-state index contributed by atoms with van der Waals surface area (Å²) in [4.78, 5) is 24.1. The van der Waals surface area contributed by atoms with Crippen LogP contribution in [-0.2, 0) is 11.3 Å². The Morgan fingerprint density at radius 1 is 1.21 bits per heavy atom. The van der Waals surface area contributed by atoms with E-state index >= 15 is 0 Å². The van der Waals surface area contributed by atoms with Crippen LogP contribution in [0.3, 0.4) is 0 Å². The van der Waals surface area contributed by atoms with Crippen LogP contribution in [-0.4, -0.2) is 28.3 Å². The van der Waals surface area contributed by atoms with Gasteiger partial charge in [-0.15, -0.1) is 0 Å². The number of carbonyl (C=O) groups excluding carboxylic acids is 2. The quantitative estimate of drug-likeness (QED) is 0.639. The summed E-state index contributed by atoms with van der Waals surface area (Å²) < 4.78 is 19.5. The van der Waals surface area contributed by atoms with Crippen molar-refractivity contribution >= 4 is 17.7 Å². The van der Waals surface area contributed by atoms with Crippen LogP contribution in [0.4, 0.5) is 10.2 Å². The summed E-state index contributed by atoms with van der Waals surface area (Å²) in [6, 6.07) is 12.6. The molecule has 1 heterocycles. The van der Waals surface area contributed by atoms with Crippen molar-refractivity contribution in [1.82, 2.24) is 15.1 Å². The highest BCUT2D eigenvalue weighted by Gasteiger charge is 2.17. The van der Waals surface area contributed by atoms with E-state index < -0.39 is 5.97 Å². The second-order valence-electron chi connectivity index (χ2n) is 5.94. The molecule has 2 aromatic carbocycles. The lowest BCUT2D eigenvalue weighted by Crippen LogP contribution is -2.22. The Hall–Kier alpha value is -3.68. The van der Waals surface area contributed by atoms with Gasteiger partial charge in [-0.1, -0.05) is 12.1 Å². The zero-order chi connectivity index (χ0) is 20.1. The number of amides is 1. The zero-order valence-electron chi connectivity index (χ0n) is 15.2. The maximum absolute atomic E-state index is 13.2. The van der Waals surface area contributed by atoms with Crippen LogP contribution in [0.5, 0.6) is 0 Å². The van der Waals surface area contributed by atoms with Crippen molar-refractivity contribution in [1.29, 1.82) is 0 Å². The molecule has 0 saturated heterocycles. The Bertz CT molecular complexity index is 999. The molecule has 0 radical (unpaired) electrons. The number of hydrogen-bond acceptors (Lipinski definition) is 5. The van der Waals surface area contributed by atoms with Gasteiger partial charge < -0.3 is 15.8 Å². The van der Waals surface area contributed by atoms with Gasteiger partial charge in [-0.05, 0) is 48.9 Å². The Morgan fingerprint density at radius 3 is 2.64 bits per heavy atom. The summed E-state index contributed by atoms with van der Waals surface area (Å²) in [7, 11) is 0. The second kappa shape index (κ2) is 8.34. The van der Waals surface area contributed by atoms with Gasteiger partial charge in [0.25, 0.3) is 5.91 Å². The summed E-state index contributed by atoms with van der Waals surface area (Å²) in [6.07, 6.45) is 1.34. The molecule has 7 nitrogen and oxygen atoms in total. The number of esters is 1. The van der Waals surface area contributed by atoms with Crippen LogP contribution in [0.2, 0.25) is 0 Å². The molecule has 0 spiro atoms. The Kier molecular flexibility index (Phi) is 5.69. The Balaban J connectivity index is 1.69. The van der Waals surface area contributed by atoms with Crippen molar-refractivity contribution < 1.29 is 18.7 Å². The van der Waals surface area contributed by atoms with Crippen molar-refractivity contribution in [3.63, 3.8) is 0 Å². The molecule has 0 atom stereocenters. The minimum atomic E-state index is -0.542. The maximum atomic E-state index is 13.2. The molecule has 1 amide bonds. The van der Waals surface area contributed by atoms with Crippen molar-refractivity contribution in [2.24, 2.45) is 0 Å². The van der Waals surface area contributed by atoms with E-state index in [1.165, 1.54) is 23.0 Å². The molecule has 0 aliphatic carbocycles. The molecule has 144 valence electrons. The molecule has 8 heteroatoms. The molecule has 0 bridgehead atoms. The van der Waals surface area contributed by atoms with E-state index in [0.29, 0.717) is 16.8 Å². The molecule has 0 aliphatic rings. The number of carbonyl (C=O) groups is 2. The molecule has 1 aromatic heterocycles. The largest absolute Gasteiger partial charge is 0.462 e. The van der Waals surface area contributed by atoms with Crippen molar-refractivity contribution in [3.8, 4) is 5.69 Å². The van der Waals surface area contributed by atoms with Crippen LogP contribution in [0.1, 0.15) is 33.2 Å². The highest BCUT2D eigenvalue weighted by Crippen LogP contribution is 2.18. The number of nitrogen functional groups attached to an aromatic ring is 1. The third kappa shape index (κ3) is 4.17. The van der Waals surface area contributed by atoms with E-state index in [0.717, 1.165) is 0 Å². The van der Waals surface area contributed by atoms with Crippen LogP contribution in [0.25, 0.3) is 5.69 Å². The van der Waals surface area contributed by atoms with Crippen LogP contribution < -0.4 is 11.1 Å². The number of nitrogens with zero attached hydrogens (tertiary/aromatic N) is 2. The smallest absolute Gasteiger partial charge is 0.343 e. The molecule has 3 rings (SSSR count). The number of aromatic nitrogens is 2. The molecule has 0 aliphatic heterocycles. The molecule has 0 fully saturated rings. The average Bonchev–Trinajstić information content (AvgIpc) is 3.08. The van der Waals surface area contributed by atoms with E-state index in [-0.39, 0.29) is 36.3 Å². The summed E-state index contributed by atoms with van der Waals surface area (Å²) >= 11 is 0. The fourth-order valence-electron chi connectivity index (χ4n) is 2.62.